The molecule has 0 atom stereocenters. The molecule has 0 unspecified atom stereocenters. The third-order valence-corrected chi connectivity index (χ3v) is 4.06. The summed E-state index contributed by atoms with van der Waals surface area (Å²) in [5.74, 6) is 0.738. The lowest BCUT2D eigenvalue weighted by molar-refractivity contribution is -0.142. The minimum absolute atomic E-state index is 0.0844. The van der Waals surface area contributed by atoms with Crippen LogP contribution in [0.15, 0.2) is 36.4 Å². The lowest BCUT2D eigenvalue weighted by Gasteiger charge is -2.08. The number of fused-ring (bicyclic) bond motifs is 1. The van der Waals surface area contributed by atoms with Crippen molar-refractivity contribution >= 4 is 40.2 Å². The summed E-state index contributed by atoms with van der Waals surface area (Å²) >= 11 is 12.1. The highest BCUT2D eigenvalue weighted by Crippen LogP contribution is 2.30. The number of nitrogens with one attached hydrogen (secondary N) is 1. The van der Waals surface area contributed by atoms with Gasteiger partial charge in [0.15, 0.2) is 0 Å². The maximum atomic E-state index is 11.6. The number of ether oxygens (including phenoxy) is 2. The summed E-state index contributed by atoms with van der Waals surface area (Å²) in [4.78, 5) is 19.0. The second kappa shape index (κ2) is 7.76. The van der Waals surface area contributed by atoms with E-state index < -0.39 is 0 Å². The quantitative estimate of drug-likeness (QED) is 0.638. The van der Waals surface area contributed by atoms with Crippen LogP contribution in [-0.4, -0.2) is 22.5 Å². The van der Waals surface area contributed by atoms with Crippen LogP contribution in [-0.2, 0) is 22.6 Å². The van der Waals surface area contributed by atoms with Crippen molar-refractivity contribution in [3.8, 4) is 5.75 Å². The van der Waals surface area contributed by atoms with Crippen molar-refractivity contribution in [3.05, 3.63) is 57.8 Å². The number of hydrogen-bond acceptors (Lipinski definition) is 4. The Morgan fingerprint density at radius 3 is 2.68 bits per heavy atom. The van der Waals surface area contributed by atoms with E-state index in [4.69, 9.17) is 32.7 Å². The average molecular weight is 379 g/mol. The molecule has 3 aromatic rings. The molecule has 0 amide bonds. The van der Waals surface area contributed by atoms with E-state index >= 15 is 0 Å². The van der Waals surface area contributed by atoms with Gasteiger partial charge in [0.25, 0.3) is 0 Å². The van der Waals surface area contributed by atoms with Gasteiger partial charge >= 0.3 is 5.97 Å². The van der Waals surface area contributed by atoms with Gasteiger partial charge in [-0.25, -0.2) is 4.98 Å². The molecule has 130 valence electrons. The lowest BCUT2D eigenvalue weighted by Crippen LogP contribution is -2.08. The van der Waals surface area contributed by atoms with Crippen LogP contribution >= 0.6 is 23.2 Å². The number of benzene rings is 2. The predicted octanol–water partition coefficient (Wildman–Crippen LogP) is 4.55. The van der Waals surface area contributed by atoms with Crippen molar-refractivity contribution in [2.45, 2.75) is 20.0 Å². The van der Waals surface area contributed by atoms with Gasteiger partial charge in [0, 0.05) is 11.1 Å². The van der Waals surface area contributed by atoms with E-state index in [2.05, 4.69) is 9.97 Å². The molecule has 0 aliphatic carbocycles. The molecule has 0 fully saturated rings. The SMILES string of the molecule is CCOC(=O)Cc1nc2cc(Cl)c(OCc3ccc(Cl)cc3)cc2[nH]1. The first-order chi connectivity index (χ1) is 12.0. The lowest BCUT2D eigenvalue weighted by atomic mass is 10.2. The summed E-state index contributed by atoms with van der Waals surface area (Å²) in [6.07, 6.45) is 0.0844. The number of H-pyrrole nitrogens is 1. The van der Waals surface area contributed by atoms with E-state index in [1.807, 2.05) is 24.3 Å². The third-order valence-electron chi connectivity index (χ3n) is 3.51. The monoisotopic (exact) mass is 378 g/mol. The Balaban J connectivity index is 1.76. The second-order valence-electron chi connectivity index (χ2n) is 5.38. The number of imidazole rings is 1. The minimum atomic E-state index is -0.327. The van der Waals surface area contributed by atoms with Crippen molar-refractivity contribution in [2.24, 2.45) is 0 Å². The molecule has 2 aromatic carbocycles. The Morgan fingerprint density at radius 2 is 1.96 bits per heavy atom. The standard InChI is InChI=1S/C18H16Cl2N2O3/c1-2-24-18(23)9-17-21-14-7-13(20)16(8-15(14)22-17)25-10-11-3-5-12(19)6-4-11/h3-8H,2,9-10H2,1H3,(H,21,22). The van der Waals surface area contributed by atoms with Gasteiger partial charge in [-0.15, -0.1) is 0 Å². The fourth-order valence-corrected chi connectivity index (χ4v) is 2.69. The van der Waals surface area contributed by atoms with E-state index in [0.29, 0.717) is 40.3 Å². The zero-order valence-corrected chi connectivity index (χ0v) is 15.0. The largest absolute Gasteiger partial charge is 0.487 e. The van der Waals surface area contributed by atoms with Gasteiger partial charge in [-0.1, -0.05) is 35.3 Å². The molecule has 0 aliphatic heterocycles. The predicted molar refractivity (Wildman–Crippen MR) is 97.2 cm³/mol. The van der Waals surface area contributed by atoms with Crippen molar-refractivity contribution in [1.29, 1.82) is 0 Å². The molecule has 25 heavy (non-hydrogen) atoms. The first-order valence-electron chi connectivity index (χ1n) is 7.76. The van der Waals surface area contributed by atoms with Gasteiger partial charge in [0.1, 0.15) is 24.6 Å². The number of hydrogen-bond donors (Lipinski definition) is 1. The van der Waals surface area contributed by atoms with Crippen LogP contribution in [0.5, 0.6) is 5.75 Å². The summed E-state index contributed by atoms with van der Waals surface area (Å²) in [7, 11) is 0. The Bertz CT molecular complexity index is 891. The van der Waals surface area contributed by atoms with Crippen LogP contribution in [0.4, 0.5) is 0 Å². The van der Waals surface area contributed by atoms with Crippen molar-refractivity contribution in [2.75, 3.05) is 6.61 Å². The Morgan fingerprint density at radius 1 is 1.20 bits per heavy atom. The highest BCUT2D eigenvalue weighted by Gasteiger charge is 2.12. The molecule has 0 radical (unpaired) electrons. The Labute approximate surface area is 154 Å². The number of rotatable bonds is 6. The van der Waals surface area contributed by atoms with E-state index in [1.165, 1.54) is 0 Å². The number of esters is 1. The van der Waals surface area contributed by atoms with Crippen LogP contribution in [0.1, 0.15) is 18.3 Å². The molecule has 5 nitrogen and oxygen atoms in total. The number of aromatic amines is 1. The van der Waals surface area contributed by atoms with E-state index in [9.17, 15) is 4.79 Å². The number of carbonyl (C=O) groups excluding carboxylic acids is 1. The van der Waals surface area contributed by atoms with Gasteiger partial charge in [-0.3, -0.25) is 4.79 Å². The molecule has 3 rings (SSSR count). The molecule has 0 spiro atoms. The second-order valence-corrected chi connectivity index (χ2v) is 6.22. The van der Waals surface area contributed by atoms with Crippen molar-refractivity contribution in [3.63, 3.8) is 0 Å². The number of carbonyl (C=O) groups is 1. The minimum Gasteiger partial charge on any atom is -0.487 e. The molecular weight excluding hydrogens is 363 g/mol. The smallest absolute Gasteiger partial charge is 0.313 e. The van der Waals surface area contributed by atoms with E-state index in [0.717, 1.165) is 11.1 Å². The van der Waals surface area contributed by atoms with Gasteiger partial charge < -0.3 is 14.5 Å². The number of nitrogens with zero attached hydrogens (tertiary/aromatic N) is 1. The fourth-order valence-electron chi connectivity index (χ4n) is 2.35. The molecule has 1 heterocycles. The van der Waals surface area contributed by atoms with Crippen LogP contribution in [0.3, 0.4) is 0 Å². The highest BCUT2D eigenvalue weighted by atomic mass is 35.5. The summed E-state index contributed by atoms with van der Waals surface area (Å²) in [6, 6.07) is 10.9. The van der Waals surface area contributed by atoms with Gasteiger partial charge in [0.2, 0.25) is 0 Å². The highest BCUT2D eigenvalue weighted by molar-refractivity contribution is 6.32. The fraction of sp³-hybridized carbons (Fsp3) is 0.222. The number of aromatic nitrogens is 2. The van der Waals surface area contributed by atoms with Crippen molar-refractivity contribution in [1.82, 2.24) is 9.97 Å². The number of halogens is 2. The van der Waals surface area contributed by atoms with Crippen molar-refractivity contribution < 1.29 is 14.3 Å². The Kier molecular flexibility index (Phi) is 5.46. The molecule has 0 bridgehead atoms. The summed E-state index contributed by atoms with van der Waals surface area (Å²) in [6.45, 7) is 2.47. The normalized spacial score (nSPS) is 10.8. The topological polar surface area (TPSA) is 64.2 Å². The molecule has 0 saturated carbocycles. The molecule has 1 aromatic heterocycles. The molecule has 0 aliphatic rings. The van der Waals surface area contributed by atoms with Crippen LogP contribution in [0.2, 0.25) is 10.0 Å². The first-order valence-corrected chi connectivity index (χ1v) is 8.51. The maximum absolute atomic E-state index is 11.6. The van der Waals surface area contributed by atoms with Gasteiger partial charge in [0.05, 0.1) is 22.7 Å². The zero-order chi connectivity index (χ0) is 17.8. The summed E-state index contributed by atoms with van der Waals surface area (Å²) in [5.41, 5.74) is 2.39. The molecule has 7 heteroatoms. The van der Waals surface area contributed by atoms with Gasteiger partial charge in [-0.2, -0.15) is 0 Å². The Hall–Kier alpha value is -2.24. The molecule has 0 saturated heterocycles. The molecule has 1 N–H and O–H groups in total. The zero-order valence-electron chi connectivity index (χ0n) is 13.5. The molecular formula is C18H16Cl2N2O3. The average Bonchev–Trinajstić information content (AvgIpc) is 2.95. The maximum Gasteiger partial charge on any atom is 0.313 e. The van der Waals surface area contributed by atoms with Crippen LogP contribution in [0.25, 0.3) is 11.0 Å². The van der Waals surface area contributed by atoms with E-state index in [-0.39, 0.29) is 12.4 Å². The van der Waals surface area contributed by atoms with Crippen LogP contribution < -0.4 is 4.74 Å². The van der Waals surface area contributed by atoms with Crippen LogP contribution in [0, 0.1) is 0 Å². The van der Waals surface area contributed by atoms with Gasteiger partial charge in [-0.05, 0) is 30.7 Å². The van der Waals surface area contributed by atoms with E-state index in [1.54, 1.807) is 19.1 Å². The first kappa shape index (κ1) is 17.6. The summed E-state index contributed by atoms with van der Waals surface area (Å²) < 4.78 is 10.7. The summed E-state index contributed by atoms with van der Waals surface area (Å²) in [5, 5.41) is 1.13. The third kappa shape index (κ3) is 4.44.